The molecule has 0 unspecified atom stereocenters. The van der Waals surface area contributed by atoms with E-state index in [2.05, 4.69) is 185 Å². The molecule has 12 rings (SSSR count). The Hall–Kier alpha value is -7.41. The van der Waals surface area contributed by atoms with Crippen molar-refractivity contribution in [2.24, 2.45) is 0 Å². The van der Waals surface area contributed by atoms with Gasteiger partial charge in [0.25, 0.3) is 0 Å². The van der Waals surface area contributed by atoms with E-state index in [4.69, 9.17) is 15.0 Å². The fourth-order valence-electron chi connectivity index (χ4n) is 8.62. The van der Waals surface area contributed by atoms with Gasteiger partial charge in [0.2, 0.25) is 5.95 Å². The van der Waals surface area contributed by atoms with Gasteiger partial charge in [0.15, 0.2) is 0 Å². The minimum Gasteiger partial charge on any atom is -0.294 e. The van der Waals surface area contributed by atoms with Crippen LogP contribution >= 0.6 is 11.3 Å². The van der Waals surface area contributed by atoms with Crippen LogP contribution in [-0.4, -0.2) is 24.1 Å². The van der Waals surface area contributed by atoms with Crippen LogP contribution < -0.4 is 0 Å². The number of rotatable bonds is 5. The van der Waals surface area contributed by atoms with E-state index in [0.29, 0.717) is 5.95 Å². The summed E-state index contributed by atoms with van der Waals surface area (Å²) in [6, 6.07) is 66.3. The number of hydrogen-bond acceptors (Lipinski definition) is 4. The summed E-state index contributed by atoms with van der Waals surface area (Å²) in [6.07, 6.45) is 0. The van der Waals surface area contributed by atoms with Crippen LogP contribution in [0.3, 0.4) is 0 Å². The van der Waals surface area contributed by atoms with Crippen LogP contribution in [0, 0.1) is 0 Å². The summed E-state index contributed by atoms with van der Waals surface area (Å²) in [5, 5.41) is 7.22. The molecule has 0 aliphatic carbocycles. The minimum atomic E-state index is 0.634. The fourth-order valence-corrected chi connectivity index (χ4v) is 9.71. The van der Waals surface area contributed by atoms with E-state index in [1.54, 1.807) is 0 Å². The van der Waals surface area contributed by atoms with Gasteiger partial charge in [0.05, 0.1) is 39.1 Å². The lowest BCUT2D eigenvalue weighted by Crippen LogP contribution is -2.04. The van der Waals surface area contributed by atoms with Gasteiger partial charge in [-0.2, -0.15) is 0 Å². The van der Waals surface area contributed by atoms with E-state index in [9.17, 15) is 0 Å². The van der Waals surface area contributed by atoms with Crippen molar-refractivity contribution in [3.63, 3.8) is 0 Å². The Kier molecular flexibility index (Phi) is 7.03. The van der Waals surface area contributed by atoms with Crippen molar-refractivity contribution in [1.29, 1.82) is 0 Å². The smallest absolute Gasteiger partial charge is 0.235 e. The molecule has 57 heavy (non-hydrogen) atoms. The van der Waals surface area contributed by atoms with Crippen molar-refractivity contribution in [2.75, 3.05) is 0 Å². The standard InChI is InChI=1S/C51H31N5S/c1-3-14-32(15-4-1)40-31-41(33-16-5-2-6-17-33)54-51(53-40)56-43-23-11-8-20-37(43)50-45(56)28-27-44-49(50)36-19-7-10-22-42(36)55(44)48-25-13-21-39(52-48)34-26-29-47-38(30-34)35-18-9-12-24-46(35)57-47/h1-31H. The van der Waals surface area contributed by atoms with Crippen molar-refractivity contribution in [2.45, 2.75) is 0 Å². The van der Waals surface area contributed by atoms with Gasteiger partial charge in [-0.15, -0.1) is 11.3 Å². The molecule has 0 saturated heterocycles. The van der Waals surface area contributed by atoms with Crippen molar-refractivity contribution in [3.05, 3.63) is 188 Å². The molecule has 5 heterocycles. The molecule has 0 fully saturated rings. The maximum atomic E-state index is 5.37. The van der Waals surface area contributed by atoms with Crippen molar-refractivity contribution < 1.29 is 0 Å². The highest BCUT2D eigenvalue weighted by Gasteiger charge is 2.22. The third-order valence-corrected chi connectivity index (χ3v) is 12.3. The quantitative estimate of drug-likeness (QED) is 0.176. The molecule has 0 radical (unpaired) electrons. The monoisotopic (exact) mass is 745 g/mol. The number of fused-ring (bicyclic) bond motifs is 10. The second kappa shape index (κ2) is 12.6. The summed E-state index contributed by atoms with van der Waals surface area (Å²) in [6.45, 7) is 0. The predicted molar refractivity (Wildman–Crippen MR) is 238 cm³/mol. The molecule has 5 nitrogen and oxygen atoms in total. The van der Waals surface area contributed by atoms with Gasteiger partial charge in [-0.25, -0.2) is 15.0 Å². The number of nitrogens with zero attached hydrogens (tertiary/aromatic N) is 5. The highest BCUT2D eigenvalue weighted by atomic mass is 32.1. The SMILES string of the molecule is c1ccc(-c2cc(-c3ccccc3)nc(-n3c4ccccc4c4c5c6ccccc6n(-c6cccc(-c7ccc8sc9ccccc9c8c7)n6)c5ccc43)n2)cc1. The zero-order chi connectivity index (χ0) is 37.5. The van der Waals surface area contributed by atoms with E-state index >= 15 is 0 Å². The molecule has 0 amide bonds. The average molecular weight is 746 g/mol. The van der Waals surface area contributed by atoms with Crippen LogP contribution in [0.5, 0.6) is 0 Å². The van der Waals surface area contributed by atoms with E-state index < -0.39 is 0 Å². The van der Waals surface area contributed by atoms with Gasteiger partial charge in [0.1, 0.15) is 5.82 Å². The van der Waals surface area contributed by atoms with Crippen LogP contribution in [0.25, 0.3) is 109 Å². The normalized spacial score (nSPS) is 11.9. The first-order chi connectivity index (χ1) is 28.3. The Bertz CT molecular complexity index is 3470. The lowest BCUT2D eigenvalue weighted by molar-refractivity contribution is 0.995. The molecule has 0 N–H and O–H groups in total. The molecule has 5 aromatic heterocycles. The number of thiophene rings is 1. The van der Waals surface area contributed by atoms with E-state index in [-0.39, 0.29) is 0 Å². The third kappa shape index (κ3) is 4.98. The molecule has 0 aliphatic heterocycles. The molecule has 0 saturated carbocycles. The maximum Gasteiger partial charge on any atom is 0.235 e. The summed E-state index contributed by atoms with van der Waals surface area (Å²) >= 11 is 1.84. The second-order valence-electron chi connectivity index (χ2n) is 14.4. The summed E-state index contributed by atoms with van der Waals surface area (Å²) in [7, 11) is 0. The van der Waals surface area contributed by atoms with E-state index in [1.165, 1.54) is 36.3 Å². The van der Waals surface area contributed by atoms with Crippen LogP contribution in [0.4, 0.5) is 0 Å². The highest BCUT2D eigenvalue weighted by Crippen LogP contribution is 2.43. The van der Waals surface area contributed by atoms with Crippen LogP contribution in [0.1, 0.15) is 0 Å². The summed E-state index contributed by atoms with van der Waals surface area (Å²) in [4.78, 5) is 15.9. The van der Waals surface area contributed by atoms with Gasteiger partial charge < -0.3 is 0 Å². The minimum absolute atomic E-state index is 0.634. The number of hydrogen-bond donors (Lipinski definition) is 0. The first-order valence-corrected chi connectivity index (χ1v) is 19.9. The lowest BCUT2D eigenvalue weighted by Gasteiger charge is -2.12. The molecule has 0 aliphatic rings. The number of aromatic nitrogens is 5. The maximum absolute atomic E-state index is 5.37. The van der Waals surface area contributed by atoms with Crippen LogP contribution in [0.15, 0.2) is 188 Å². The van der Waals surface area contributed by atoms with Gasteiger partial charge >= 0.3 is 0 Å². The zero-order valence-corrected chi connectivity index (χ0v) is 31.4. The van der Waals surface area contributed by atoms with E-state index in [1.807, 2.05) is 23.5 Å². The summed E-state index contributed by atoms with van der Waals surface area (Å²) in [5.74, 6) is 1.51. The largest absolute Gasteiger partial charge is 0.294 e. The Morgan fingerprint density at radius 3 is 1.58 bits per heavy atom. The Labute approximate surface area is 331 Å². The second-order valence-corrected chi connectivity index (χ2v) is 15.5. The Morgan fingerprint density at radius 2 is 0.895 bits per heavy atom. The molecule has 266 valence electrons. The zero-order valence-electron chi connectivity index (χ0n) is 30.5. The van der Waals surface area contributed by atoms with Gasteiger partial charge in [-0.05, 0) is 60.7 Å². The molecular formula is C51H31N5S. The first-order valence-electron chi connectivity index (χ1n) is 19.1. The van der Waals surface area contributed by atoms with Crippen molar-refractivity contribution in [1.82, 2.24) is 24.1 Å². The molecule has 0 bridgehead atoms. The van der Waals surface area contributed by atoms with Gasteiger partial charge in [0, 0.05) is 58.4 Å². The fraction of sp³-hybridized carbons (Fsp3) is 0. The Morgan fingerprint density at radius 1 is 0.333 bits per heavy atom. The van der Waals surface area contributed by atoms with Crippen LogP contribution in [-0.2, 0) is 0 Å². The first kappa shape index (κ1) is 31.9. The molecule has 12 aromatic rings. The van der Waals surface area contributed by atoms with Gasteiger partial charge in [-0.3, -0.25) is 9.13 Å². The van der Waals surface area contributed by atoms with E-state index in [0.717, 1.165) is 67.0 Å². The molecule has 0 atom stereocenters. The van der Waals surface area contributed by atoms with Crippen LogP contribution in [0.2, 0.25) is 0 Å². The molecular weight excluding hydrogens is 715 g/mol. The molecule has 0 spiro atoms. The topological polar surface area (TPSA) is 48.5 Å². The summed E-state index contributed by atoms with van der Waals surface area (Å²) < 4.78 is 7.14. The highest BCUT2D eigenvalue weighted by molar-refractivity contribution is 7.25. The van der Waals surface area contributed by atoms with Crippen molar-refractivity contribution >= 4 is 75.1 Å². The number of para-hydroxylation sites is 2. The predicted octanol–water partition coefficient (Wildman–Crippen LogP) is 13.4. The number of benzene rings is 7. The number of pyridine rings is 1. The lowest BCUT2D eigenvalue weighted by atomic mass is 10.1. The van der Waals surface area contributed by atoms with Gasteiger partial charge in [-0.1, -0.05) is 127 Å². The third-order valence-electron chi connectivity index (χ3n) is 11.2. The summed E-state index contributed by atoms with van der Waals surface area (Å²) in [5.41, 5.74) is 10.2. The average Bonchev–Trinajstić information content (AvgIpc) is 3.94. The Balaban J connectivity index is 1.10. The van der Waals surface area contributed by atoms with Crippen molar-refractivity contribution in [3.8, 4) is 45.5 Å². The molecule has 7 aromatic carbocycles. The molecule has 6 heteroatoms.